The molecule has 19 heavy (non-hydrogen) atoms. The molecule has 1 aliphatic heterocycles. The number of nitrogens with two attached hydrogens (primary N) is 1. The molecule has 1 aromatic heterocycles. The lowest BCUT2D eigenvalue weighted by atomic mass is 10.0. The zero-order valence-electron chi connectivity index (χ0n) is 10.9. The van der Waals surface area contributed by atoms with Crippen molar-refractivity contribution in [3.05, 3.63) is 30.0 Å². The van der Waals surface area contributed by atoms with Gasteiger partial charge in [0, 0.05) is 18.7 Å². The number of anilines is 2. The van der Waals surface area contributed by atoms with Crippen LogP contribution in [0.5, 0.6) is 0 Å². The van der Waals surface area contributed by atoms with Gasteiger partial charge in [-0.2, -0.15) is 0 Å². The maximum atomic E-state index is 11.7. The molecule has 2 N–H and O–H groups in total. The van der Waals surface area contributed by atoms with Crippen LogP contribution in [0.4, 0.5) is 11.6 Å². The molecule has 0 radical (unpaired) electrons. The van der Waals surface area contributed by atoms with E-state index in [9.17, 15) is 4.79 Å². The maximum Gasteiger partial charge on any atom is 0.229 e. The number of fused-ring (bicyclic) bond motifs is 1. The molecule has 3 rings (SSSR count). The van der Waals surface area contributed by atoms with Crippen LogP contribution in [0.1, 0.15) is 19.4 Å². The average Bonchev–Trinajstić information content (AvgIpc) is 2.90. The van der Waals surface area contributed by atoms with Gasteiger partial charge < -0.3 is 15.2 Å². The Kier molecular flexibility index (Phi) is 2.55. The molecule has 98 valence electrons. The zero-order valence-corrected chi connectivity index (χ0v) is 10.9. The molecule has 0 spiro atoms. The first-order valence-corrected chi connectivity index (χ1v) is 6.21. The van der Waals surface area contributed by atoms with Gasteiger partial charge in [-0.05, 0) is 36.6 Å². The summed E-state index contributed by atoms with van der Waals surface area (Å²) in [5.74, 6) is 0.387. The lowest BCUT2D eigenvalue weighted by molar-refractivity contribution is -0.116. The Hall–Kier alpha value is -2.30. The SMILES string of the molecule is CC(=O)N1c2ccc(-c3cnoc3N)cc2CC1C. The summed E-state index contributed by atoms with van der Waals surface area (Å²) < 4.78 is 4.88. The predicted molar refractivity (Wildman–Crippen MR) is 72.7 cm³/mol. The number of nitrogen functional groups attached to an aromatic ring is 1. The van der Waals surface area contributed by atoms with Crippen molar-refractivity contribution in [1.29, 1.82) is 0 Å². The van der Waals surface area contributed by atoms with Crippen molar-refractivity contribution in [2.45, 2.75) is 26.3 Å². The van der Waals surface area contributed by atoms with Gasteiger partial charge in [-0.15, -0.1) is 0 Å². The fraction of sp³-hybridized carbons (Fsp3) is 0.286. The lowest BCUT2D eigenvalue weighted by Gasteiger charge is -2.20. The Morgan fingerprint density at radius 1 is 1.53 bits per heavy atom. The second kappa shape index (κ2) is 4.12. The number of aromatic nitrogens is 1. The van der Waals surface area contributed by atoms with Crippen molar-refractivity contribution >= 4 is 17.5 Å². The first kappa shape index (κ1) is 11.8. The van der Waals surface area contributed by atoms with Crippen LogP contribution >= 0.6 is 0 Å². The molecule has 5 heteroatoms. The van der Waals surface area contributed by atoms with Crippen molar-refractivity contribution in [3.8, 4) is 11.1 Å². The molecule has 1 amide bonds. The fourth-order valence-electron chi connectivity index (χ4n) is 2.74. The molecule has 1 unspecified atom stereocenters. The summed E-state index contributed by atoms with van der Waals surface area (Å²) in [5, 5.41) is 3.69. The van der Waals surface area contributed by atoms with E-state index in [0.29, 0.717) is 5.88 Å². The van der Waals surface area contributed by atoms with Gasteiger partial charge in [0.25, 0.3) is 0 Å². The Balaban J connectivity index is 2.06. The number of benzene rings is 1. The van der Waals surface area contributed by atoms with Crippen molar-refractivity contribution in [3.63, 3.8) is 0 Å². The number of amides is 1. The number of nitrogens with zero attached hydrogens (tertiary/aromatic N) is 2. The predicted octanol–water partition coefficient (Wildman–Crippen LogP) is 2.22. The van der Waals surface area contributed by atoms with Crippen molar-refractivity contribution in [2.24, 2.45) is 0 Å². The monoisotopic (exact) mass is 257 g/mol. The van der Waals surface area contributed by atoms with Gasteiger partial charge in [0.2, 0.25) is 11.8 Å². The molecule has 5 nitrogen and oxygen atoms in total. The van der Waals surface area contributed by atoms with E-state index in [0.717, 1.165) is 28.8 Å². The lowest BCUT2D eigenvalue weighted by Crippen LogP contribution is -2.33. The zero-order chi connectivity index (χ0) is 13.6. The van der Waals surface area contributed by atoms with Crippen LogP contribution in [0.3, 0.4) is 0 Å². The molecule has 0 bridgehead atoms. The minimum absolute atomic E-state index is 0.0727. The third-order valence-corrected chi connectivity index (χ3v) is 3.54. The molecule has 0 saturated carbocycles. The van der Waals surface area contributed by atoms with E-state index in [4.69, 9.17) is 10.3 Å². The quantitative estimate of drug-likeness (QED) is 0.850. The van der Waals surface area contributed by atoms with Gasteiger partial charge in [0.1, 0.15) is 0 Å². The Morgan fingerprint density at radius 3 is 2.95 bits per heavy atom. The number of hydrogen-bond acceptors (Lipinski definition) is 4. The minimum Gasteiger partial charge on any atom is -0.367 e. The fourth-order valence-corrected chi connectivity index (χ4v) is 2.74. The van der Waals surface area contributed by atoms with E-state index in [-0.39, 0.29) is 11.9 Å². The van der Waals surface area contributed by atoms with Crippen LogP contribution in [0.2, 0.25) is 0 Å². The molecule has 0 saturated heterocycles. The smallest absolute Gasteiger partial charge is 0.229 e. The second-order valence-electron chi connectivity index (χ2n) is 4.89. The van der Waals surface area contributed by atoms with Crippen LogP contribution in [0, 0.1) is 0 Å². The third-order valence-electron chi connectivity index (χ3n) is 3.54. The van der Waals surface area contributed by atoms with Gasteiger partial charge in [-0.25, -0.2) is 0 Å². The summed E-state index contributed by atoms with van der Waals surface area (Å²) in [6, 6.07) is 6.15. The van der Waals surface area contributed by atoms with Gasteiger partial charge in [0.15, 0.2) is 0 Å². The number of hydrogen-bond donors (Lipinski definition) is 1. The van der Waals surface area contributed by atoms with Crippen LogP contribution in [0.15, 0.2) is 28.9 Å². The molecular formula is C14H15N3O2. The summed E-state index contributed by atoms with van der Waals surface area (Å²) >= 11 is 0. The average molecular weight is 257 g/mol. The molecule has 0 fully saturated rings. The van der Waals surface area contributed by atoms with Crippen LogP contribution in [0.25, 0.3) is 11.1 Å². The Bertz CT molecular complexity index is 648. The first-order valence-electron chi connectivity index (χ1n) is 6.21. The summed E-state index contributed by atoms with van der Waals surface area (Å²) in [6.45, 7) is 3.65. The first-order chi connectivity index (χ1) is 9.08. The van der Waals surface area contributed by atoms with Gasteiger partial charge >= 0.3 is 0 Å². The Labute approximate surface area is 111 Å². The maximum absolute atomic E-state index is 11.7. The number of rotatable bonds is 1. The Morgan fingerprint density at radius 2 is 2.32 bits per heavy atom. The molecule has 2 heterocycles. The molecule has 1 atom stereocenters. The summed E-state index contributed by atoms with van der Waals surface area (Å²) in [6.07, 6.45) is 2.46. The van der Waals surface area contributed by atoms with Crippen LogP contribution < -0.4 is 10.6 Å². The van der Waals surface area contributed by atoms with E-state index in [1.54, 1.807) is 13.1 Å². The van der Waals surface area contributed by atoms with Crippen molar-refractivity contribution < 1.29 is 9.32 Å². The highest BCUT2D eigenvalue weighted by atomic mass is 16.5. The van der Waals surface area contributed by atoms with Gasteiger partial charge in [0.05, 0.1) is 11.8 Å². The van der Waals surface area contributed by atoms with E-state index in [1.165, 1.54) is 0 Å². The molecular weight excluding hydrogens is 242 g/mol. The highest BCUT2D eigenvalue weighted by molar-refractivity contribution is 5.95. The van der Waals surface area contributed by atoms with Crippen molar-refractivity contribution in [1.82, 2.24) is 5.16 Å². The molecule has 1 aromatic carbocycles. The van der Waals surface area contributed by atoms with Gasteiger partial charge in [-0.1, -0.05) is 11.2 Å². The molecule has 0 aliphatic carbocycles. The highest BCUT2D eigenvalue weighted by Crippen LogP contribution is 2.36. The second-order valence-corrected chi connectivity index (χ2v) is 4.89. The molecule has 2 aromatic rings. The molecule has 1 aliphatic rings. The van der Waals surface area contributed by atoms with Crippen LogP contribution in [-0.2, 0) is 11.2 Å². The standard InChI is InChI=1S/C14H15N3O2/c1-8-5-11-6-10(12-7-16-19-14(12)15)3-4-13(11)17(8)9(2)18/h3-4,6-8H,5,15H2,1-2H3. The van der Waals surface area contributed by atoms with Gasteiger partial charge in [-0.3, -0.25) is 4.79 Å². The van der Waals surface area contributed by atoms with E-state index in [2.05, 4.69) is 18.1 Å². The number of carbonyl (C=O) groups excluding carboxylic acids is 1. The van der Waals surface area contributed by atoms with Crippen molar-refractivity contribution in [2.75, 3.05) is 10.6 Å². The van der Waals surface area contributed by atoms with E-state index < -0.39 is 0 Å². The van der Waals surface area contributed by atoms with Crippen LogP contribution in [-0.4, -0.2) is 17.1 Å². The summed E-state index contributed by atoms with van der Waals surface area (Å²) in [5.41, 5.74) is 9.62. The summed E-state index contributed by atoms with van der Waals surface area (Å²) in [4.78, 5) is 13.5. The van der Waals surface area contributed by atoms with E-state index >= 15 is 0 Å². The largest absolute Gasteiger partial charge is 0.367 e. The summed E-state index contributed by atoms with van der Waals surface area (Å²) in [7, 11) is 0. The third kappa shape index (κ3) is 1.78. The normalized spacial score (nSPS) is 17.6. The minimum atomic E-state index is 0.0727. The highest BCUT2D eigenvalue weighted by Gasteiger charge is 2.29. The van der Waals surface area contributed by atoms with E-state index in [1.807, 2.05) is 17.0 Å². The number of carbonyl (C=O) groups is 1. The topological polar surface area (TPSA) is 72.4 Å².